The standard InChI is InChI=1S/C16H13N3/c17-15-13-9-8-12(10-14(13)16(18)19-15)7-6-11-4-2-1-3-5-11/h1-5,8-10,19H,17-18H2. The van der Waals surface area contributed by atoms with Crippen molar-refractivity contribution in [1.82, 2.24) is 4.98 Å². The highest BCUT2D eigenvalue weighted by atomic mass is 14.9. The number of hydrogen-bond acceptors (Lipinski definition) is 2. The SMILES string of the molecule is Nc1[nH]c(N)c2cc(C#Cc3ccccc3)ccc12. The van der Waals surface area contributed by atoms with Crippen LogP contribution in [0.4, 0.5) is 11.6 Å². The molecular formula is C16H13N3. The van der Waals surface area contributed by atoms with Gasteiger partial charge in [0.2, 0.25) is 0 Å². The molecule has 3 aromatic rings. The molecule has 3 heteroatoms. The third kappa shape index (κ3) is 2.12. The summed E-state index contributed by atoms with van der Waals surface area (Å²) in [4.78, 5) is 2.92. The van der Waals surface area contributed by atoms with E-state index in [-0.39, 0.29) is 0 Å². The molecule has 3 nitrogen and oxygen atoms in total. The Hall–Kier alpha value is -2.86. The van der Waals surface area contributed by atoms with Crippen molar-refractivity contribution < 1.29 is 0 Å². The number of benzene rings is 2. The minimum atomic E-state index is 0.580. The molecule has 5 N–H and O–H groups in total. The molecule has 0 spiro atoms. The molecule has 19 heavy (non-hydrogen) atoms. The van der Waals surface area contributed by atoms with E-state index in [1.54, 1.807) is 0 Å². The van der Waals surface area contributed by atoms with Gasteiger partial charge >= 0.3 is 0 Å². The third-order valence-electron chi connectivity index (χ3n) is 2.99. The summed E-state index contributed by atoms with van der Waals surface area (Å²) in [5.74, 6) is 7.42. The molecule has 0 aliphatic carbocycles. The van der Waals surface area contributed by atoms with Gasteiger partial charge in [-0.1, -0.05) is 30.0 Å². The van der Waals surface area contributed by atoms with Crippen molar-refractivity contribution in [3.8, 4) is 11.8 Å². The highest BCUT2D eigenvalue weighted by Crippen LogP contribution is 2.26. The molecule has 0 saturated heterocycles. The maximum Gasteiger partial charge on any atom is 0.110 e. The second kappa shape index (κ2) is 4.43. The summed E-state index contributed by atoms with van der Waals surface area (Å²) >= 11 is 0. The van der Waals surface area contributed by atoms with E-state index in [9.17, 15) is 0 Å². The summed E-state index contributed by atoms with van der Waals surface area (Å²) in [6.07, 6.45) is 0. The van der Waals surface area contributed by atoms with Crippen LogP contribution < -0.4 is 11.5 Å². The fourth-order valence-electron chi connectivity index (χ4n) is 2.03. The Morgan fingerprint density at radius 1 is 0.737 bits per heavy atom. The maximum absolute atomic E-state index is 5.87. The van der Waals surface area contributed by atoms with Crippen LogP contribution in [-0.4, -0.2) is 4.98 Å². The lowest BCUT2D eigenvalue weighted by Gasteiger charge is -1.94. The first-order valence-corrected chi connectivity index (χ1v) is 5.98. The number of anilines is 2. The molecule has 0 atom stereocenters. The van der Waals surface area contributed by atoms with Crippen LogP contribution in [0.1, 0.15) is 11.1 Å². The van der Waals surface area contributed by atoms with Crippen molar-refractivity contribution in [2.24, 2.45) is 0 Å². The zero-order valence-corrected chi connectivity index (χ0v) is 10.3. The lowest BCUT2D eigenvalue weighted by Crippen LogP contribution is -1.86. The van der Waals surface area contributed by atoms with Crippen molar-refractivity contribution in [2.75, 3.05) is 11.5 Å². The number of H-pyrrole nitrogens is 1. The zero-order chi connectivity index (χ0) is 13.2. The summed E-state index contributed by atoms with van der Waals surface area (Å²) in [5, 5.41) is 1.85. The number of nitrogen functional groups attached to an aromatic ring is 2. The smallest absolute Gasteiger partial charge is 0.110 e. The largest absolute Gasteiger partial charge is 0.385 e. The molecule has 0 aliphatic rings. The Labute approximate surface area is 111 Å². The second-order valence-corrected chi connectivity index (χ2v) is 4.33. The molecule has 0 unspecified atom stereocenters. The molecule has 3 rings (SSSR count). The van der Waals surface area contributed by atoms with Gasteiger partial charge in [-0.2, -0.15) is 0 Å². The molecular weight excluding hydrogens is 234 g/mol. The van der Waals surface area contributed by atoms with Crippen LogP contribution in [0.5, 0.6) is 0 Å². The van der Waals surface area contributed by atoms with E-state index < -0.39 is 0 Å². The summed E-state index contributed by atoms with van der Waals surface area (Å²) < 4.78 is 0. The van der Waals surface area contributed by atoms with Gasteiger partial charge in [-0.05, 0) is 30.3 Å². The fourth-order valence-corrected chi connectivity index (χ4v) is 2.03. The summed E-state index contributed by atoms with van der Waals surface area (Å²) in [6, 6.07) is 15.7. The summed E-state index contributed by atoms with van der Waals surface area (Å²) in [6.45, 7) is 0. The number of rotatable bonds is 0. The van der Waals surface area contributed by atoms with Crippen molar-refractivity contribution in [1.29, 1.82) is 0 Å². The molecule has 0 aliphatic heterocycles. The van der Waals surface area contributed by atoms with E-state index in [1.807, 2.05) is 48.5 Å². The van der Waals surface area contributed by atoms with E-state index in [4.69, 9.17) is 11.5 Å². The van der Waals surface area contributed by atoms with Crippen molar-refractivity contribution in [2.45, 2.75) is 0 Å². The van der Waals surface area contributed by atoms with E-state index >= 15 is 0 Å². The Kier molecular flexibility index (Phi) is 2.62. The Morgan fingerprint density at radius 3 is 2.21 bits per heavy atom. The van der Waals surface area contributed by atoms with Gasteiger partial charge in [0.05, 0.1) is 0 Å². The monoisotopic (exact) mass is 247 g/mol. The Balaban J connectivity index is 2.03. The molecule has 1 heterocycles. The third-order valence-corrected chi connectivity index (χ3v) is 2.99. The predicted octanol–water partition coefficient (Wildman–Crippen LogP) is 2.73. The lowest BCUT2D eigenvalue weighted by atomic mass is 10.1. The fraction of sp³-hybridized carbons (Fsp3) is 0. The van der Waals surface area contributed by atoms with Gasteiger partial charge in [0, 0.05) is 21.9 Å². The van der Waals surface area contributed by atoms with E-state index in [1.165, 1.54) is 0 Å². The van der Waals surface area contributed by atoms with Gasteiger partial charge in [-0.25, -0.2) is 0 Å². The molecule has 0 fully saturated rings. The van der Waals surface area contributed by atoms with Gasteiger partial charge < -0.3 is 16.5 Å². The van der Waals surface area contributed by atoms with E-state index in [2.05, 4.69) is 16.8 Å². The van der Waals surface area contributed by atoms with Crippen molar-refractivity contribution in [3.05, 3.63) is 59.7 Å². The molecule has 1 aromatic heterocycles. The van der Waals surface area contributed by atoms with Crippen LogP contribution in [0.3, 0.4) is 0 Å². The number of nitrogens with one attached hydrogen (secondary N) is 1. The van der Waals surface area contributed by atoms with Gasteiger partial charge in [0.15, 0.2) is 0 Å². The second-order valence-electron chi connectivity index (χ2n) is 4.33. The van der Waals surface area contributed by atoms with E-state index in [0.29, 0.717) is 11.6 Å². The van der Waals surface area contributed by atoms with Crippen LogP contribution in [0.25, 0.3) is 10.8 Å². The predicted molar refractivity (Wildman–Crippen MR) is 79.5 cm³/mol. The number of fused-ring (bicyclic) bond motifs is 1. The van der Waals surface area contributed by atoms with Gasteiger partial charge in [0.25, 0.3) is 0 Å². The van der Waals surface area contributed by atoms with Crippen LogP contribution >= 0.6 is 0 Å². The Morgan fingerprint density at radius 2 is 1.42 bits per heavy atom. The van der Waals surface area contributed by atoms with E-state index in [0.717, 1.165) is 21.9 Å². The quantitative estimate of drug-likeness (QED) is 0.535. The number of aromatic amines is 1. The lowest BCUT2D eigenvalue weighted by molar-refractivity contribution is 1.43. The molecule has 0 saturated carbocycles. The zero-order valence-electron chi connectivity index (χ0n) is 10.3. The normalized spacial score (nSPS) is 10.1. The summed E-state index contributed by atoms with van der Waals surface area (Å²) in [5.41, 5.74) is 13.6. The first-order chi connectivity index (χ1) is 9.24. The molecule has 92 valence electrons. The number of aromatic nitrogens is 1. The summed E-state index contributed by atoms with van der Waals surface area (Å²) in [7, 11) is 0. The van der Waals surface area contributed by atoms with Crippen LogP contribution in [-0.2, 0) is 0 Å². The highest BCUT2D eigenvalue weighted by Gasteiger charge is 2.05. The topological polar surface area (TPSA) is 67.8 Å². The molecule has 0 bridgehead atoms. The van der Waals surface area contributed by atoms with Gasteiger partial charge in [-0.15, -0.1) is 0 Å². The molecule has 0 amide bonds. The number of hydrogen-bond donors (Lipinski definition) is 3. The minimum absolute atomic E-state index is 0.580. The first kappa shape index (κ1) is 11.2. The minimum Gasteiger partial charge on any atom is -0.385 e. The average molecular weight is 247 g/mol. The Bertz CT molecular complexity index is 789. The molecule has 2 aromatic carbocycles. The van der Waals surface area contributed by atoms with Crippen LogP contribution in [0.2, 0.25) is 0 Å². The van der Waals surface area contributed by atoms with Crippen molar-refractivity contribution in [3.63, 3.8) is 0 Å². The van der Waals surface area contributed by atoms with Crippen molar-refractivity contribution >= 4 is 22.4 Å². The van der Waals surface area contributed by atoms with Crippen LogP contribution in [0, 0.1) is 11.8 Å². The van der Waals surface area contributed by atoms with Gasteiger partial charge in [0.1, 0.15) is 11.6 Å². The first-order valence-electron chi connectivity index (χ1n) is 5.98. The van der Waals surface area contributed by atoms with Crippen LogP contribution in [0.15, 0.2) is 48.5 Å². The van der Waals surface area contributed by atoms with Gasteiger partial charge in [-0.3, -0.25) is 0 Å². The average Bonchev–Trinajstić information content (AvgIpc) is 2.73. The molecule has 0 radical (unpaired) electrons. The maximum atomic E-state index is 5.87. The number of nitrogens with two attached hydrogens (primary N) is 2. The highest BCUT2D eigenvalue weighted by molar-refractivity contribution is 6.00.